The molecule has 0 bridgehead atoms. The van der Waals surface area contributed by atoms with Crippen molar-refractivity contribution in [1.29, 1.82) is 5.26 Å². The Hall–Kier alpha value is -2.30. The topological polar surface area (TPSA) is 47.3 Å². The average Bonchev–Trinajstić information content (AvgIpc) is 2.73. The van der Waals surface area contributed by atoms with E-state index in [-0.39, 0.29) is 18.7 Å². The molecule has 1 aliphatic rings. The third kappa shape index (κ3) is 3.42. The first kappa shape index (κ1) is 15.1. The van der Waals surface area contributed by atoms with E-state index in [1.54, 1.807) is 6.19 Å². The second-order valence-electron chi connectivity index (χ2n) is 4.63. The van der Waals surface area contributed by atoms with E-state index in [0.29, 0.717) is 4.90 Å². The molecule has 1 heterocycles. The minimum atomic E-state index is -4.47. The molecule has 2 rings (SSSR count). The van der Waals surface area contributed by atoms with Crippen molar-refractivity contribution in [2.45, 2.75) is 18.6 Å². The minimum absolute atomic E-state index is 0.0671. The lowest BCUT2D eigenvalue weighted by Gasteiger charge is -2.23. The molecule has 21 heavy (non-hydrogen) atoms. The van der Waals surface area contributed by atoms with Crippen LogP contribution >= 0.6 is 0 Å². The number of halogens is 4. The van der Waals surface area contributed by atoms with Crippen LogP contribution in [0.2, 0.25) is 0 Å². The van der Waals surface area contributed by atoms with Crippen molar-refractivity contribution in [2.24, 2.45) is 0 Å². The molecule has 1 atom stereocenters. The number of alkyl halides is 3. The van der Waals surface area contributed by atoms with Gasteiger partial charge in [-0.15, -0.1) is 0 Å². The van der Waals surface area contributed by atoms with Crippen molar-refractivity contribution in [2.75, 3.05) is 18.0 Å². The minimum Gasteiger partial charge on any atom is -0.332 e. The summed E-state index contributed by atoms with van der Waals surface area (Å²) in [7, 11) is 0. The number of amides is 1. The summed E-state index contributed by atoms with van der Waals surface area (Å²) in [6.07, 6.45) is -2.59. The number of rotatable bonds is 3. The summed E-state index contributed by atoms with van der Waals surface area (Å²) >= 11 is 0. The summed E-state index contributed by atoms with van der Waals surface area (Å²) in [5.74, 6) is -1.26. The fourth-order valence-corrected chi connectivity index (χ4v) is 2.24. The number of carbonyl (C=O) groups excluding carboxylic acids is 1. The molecular formula is C13H11F4N3O. The summed E-state index contributed by atoms with van der Waals surface area (Å²) in [6, 6.07) is 3.86. The zero-order valence-corrected chi connectivity index (χ0v) is 10.8. The standard InChI is InChI=1S/C13H11F4N3O/c14-9-1-3-10(4-2-9)20(8-18)11-5-6-19(12(11)21)7-13(15,16)17/h1-4,11H,5-7H2. The first-order chi connectivity index (χ1) is 9.81. The average molecular weight is 301 g/mol. The number of hydrogen-bond acceptors (Lipinski definition) is 3. The SMILES string of the molecule is N#CN(c1ccc(F)cc1)C1CCN(CC(F)(F)F)C1=O. The second kappa shape index (κ2) is 5.60. The Kier molecular flexibility index (Phi) is 4.02. The molecule has 0 aliphatic carbocycles. The van der Waals surface area contributed by atoms with Crippen LogP contribution in [0.3, 0.4) is 0 Å². The number of nitrogens with zero attached hydrogens (tertiary/aromatic N) is 3. The second-order valence-corrected chi connectivity index (χ2v) is 4.63. The Morgan fingerprint density at radius 1 is 1.33 bits per heavy atom. The molecule has 1 fully saturated rings. The van der Waals surface area contributed by atoms with E-state index < -0.39 is 30.5 Å². The van der Waals surface area contributed by atoms with Gasteiger partial charge < -0.3 is 4.90 Å². The molecule has 0 spiro atoms. The van der Waals surface area contributed by atoms with Gasteiger partial charge in [-0.1, -0.05) is 0 Å². The number of likely N-dealkylation sites (tertiary alicyclic amines) is 1. The number of benzene rings is 1. The third-order valence-electron chi connectivity index (χ3n) is 3.16. The van der Waals surface area contributed by atoms with Gasteiger partial charge in [0.2, 0.25) is 5.91 Å². The molecule has 1 aromatic carbocycles. The highest BCUT2D eigenvalue weighted by Crippen LogP contribution is 2.26. The first-order valence-electron chi connectivity index (χ1n) is 6.12. The molecule has 1 amide bonds. The Morgan fingerprint density at radius 3 is 2.48 bits per heavy atom. The predicted molar refractivity (Wildman–Crippen MR) is 65.5 cm³/mol. The number of anilines is 1. The van der Waals surface area contributed by atoms with E-state index in [1.807, 2.05) is 0 Å². The van der Waals surface area contributed by atoms with Crippen LogP contribution in [0, 0.1) is 17.3 Å². The van der Waals surface area contributed by atoms with Crippen LogP contribution < -0.4 is 4.90 Å². The van der Waals surface area contributed by atoms with Gasteiger partial charge in [-0.05, 0) is 30.7 Å². The van der Waals surface area contributed by atoms with Gasteiger partial charge in [0.1, 0.15) is 18.4 Å². The maximum Gasteiger partial charge on any atom is 0.406 e. The fourth-order valence-electron chi connectivity index (χ4n) is 2.24. The largest absolute Gasteiger partial charge is 0.406 e. The van der Waals surface area contributed by atoms with Gasteiger partial charge in [0, 0.05) is 6.54 Å². The Balaban J connectivity index is 2.16. The smallest absolute Gasteiger partial charge is 0.332 e. The van der Waals surface area contributed by atoms with E-state index in [0.717, 1.165) is 17.0 Å². The van der Waals surface area contributed by atoms with Crippen molar-refractivity contribution in [3.63, 3.8) is 0 Å². The lowest BCUT2D eigenvalue weighted by molar-refractivity contribution is -0.157. The monoisotopic (exact) mass is 301 g/mol. The number of nitriles is 1. The molecule has 0 aromatic heterocycles. The number of carbonyl (C=O) groups is 1. The molecule has 4 nitrogen and oxygen atoms in total. The van der Waals surface area contributed by atoms with Crippen LogP contribution in [0.4, 0.5) is 23.2 Å². The molecule has 1 saturated heterocycles. The summed E-state index contributed by atoms with van der Waals surface area (Å²) in [4.78, 5) is 13.7. The van der Waals surface area contributed by atoms with Crippen molar-refractivity contribution < 1.29 is 22.4 Å². The summed E-state index contributed by atoms with van der Waals surface area (Å²) in [6.45, 7) is -1.40. The van der Waals surface area contributed by atoms with Gasteiger partial charge in [-0.3, -0.25) is 9.69 Å². The van der Waals surface area contributed by atoms with Crippen LogP contribution in [-0.4, -0.2) is 36.1 Å². The zero-order chi connectivity index (χ0) is 15.6. The first-order valence-corrected chi connectivity index (χ1v) is 6.12. The van der Waals surface area contributed by atoms with E-state index in [9.17, 15) is 22.4 Å². The third-order valence-corrected chi connectivity index (χ3v) is 3.16. The molecule has 1 aromatic rings. The number of hydrogen-bond donors (Lipinski definition) is 0. The molecule has 0 N–H and O–H groups in total. The van der Waals surface area contributed by atoms with Gasteiger partial charge in [-0.25, -0.2) is 4.39 Å². The van der Waals surface area contributed by atoms with Crippen LogP contribution in [-0.2, 0) is 4.79 Å². The van der Waals surface area contributed by atoms with E-state index in [1.165, 1.54) is 12.1 Å². The molecule has 8 heteroatoms. The quantitative estimate of drug-likeness (QED) is 0.489. The highest BCUT2D eigenvalue weighted by atomic mass is 19.4. The van der Waals surface area contributed by atoms with Gasteiger partial charge in [0.05, 0.1) is 5.69 Å². The molecule has 0 saturated carbocycles. The van der Waals surface area contributed by atoms with Crippen LogP contribution in [0.1, 0.15) is 6.42 Å². The van der Waals surface area contributed by atoms with Gasteiger partial charge in [0.15, 0.2) is 6.19 Å². The van der Waals surface area contributed by atoms with Crippen molar-refractivity contribution >= 4 is 11.6 Å². The summed E-state index contributed by atoms with van der Waals surface area (Å²) in [5.41, 5.74) is 0.270. The zero-order valence-electron chi connectivity index (χ0n) is 10.8. The van der Waals surface area contributed by atoms with Crippen molar-refractivity contribution in [3.05, 3.63) is 30.1 Å². The molecule has 1 aliphatic heterocycles. The van der Waals surface area contributed by atoms with E-state index in [2.05, 4.69) is 0 Å². The fraction of sp³-hybridized carbons (Fsp3) is 0.385. The highest BCUT2D eigenvalue weighted by molar-refractivity contribution is 5.88. The van der Waals surface area contributed by atoms with Crippen LogP contribution in [0.25, 0.3) is 0 Å². The molecule has 0 radical (unpaired) electrons. The normalized spacial score (nSPS) is 18.7. The van der Waals surface area contributed by atoms with Gasteiger partial charge >= 0.3 is 6.18 Å². The lowest BCUT2D eigenvalue weighted by atomic mass is 10.2. The molecular weight excluding hydrogens is 290 g/mol. The Labute approximate surface area is 118 Å². The van der Waals surface area contributed by atoms with Gasteiger partial charge in [-0.2, -0.15) is 18.4 Å². The lowest BCUT2D eigenvalue weighted by Crippen LogP contribution is -2.42. The summed E-state index contributed by atoms with van der Waals surface area (Å²) in [5, 5.41) is 9.14. The Bertz CT molecular complexity index is 564. The predicted octanol–water partition coefficient (Wildman–Crippen LogP) is 2.28. The maximum absolute atomic E-state index is 12.9. The van der Waals surface area contributed by atoms with Crippen molar-refractivity contribution in [3.8, 4) is 6.19 Å². The van der Waals surface area contributed by atoms with Crippen molar-refractivity contribution in [1.82, 2.24) is 4.90 Å². The van der Waals surface area contributed by atoms with E-state index in [4.69, 9.17) is 5.26 Å². The summed E-state index contributed by atoms with van der Waals surface area (Å²) < 4.78 is 49.9. The van der Waals surface area contributed by atoms with Gasteiger partial charge in [0.25, 0.3) is 0 Å². The molecule has 1 unspecified atom stereocenters. The van der Waals surface area contributed by atoms with Crippen LogP contribution in [0.15, 0.2) is 24.3 Å². The Morgan fingerprint density at radius 2 is 1.95 bits per heavy atom. The van der Waals surface area contributed by atoms with E-state index >= 15 is 0 Å². The highest BCUT2D eigenvalue weighted by Gasteiger charge is 2.41. The molecule has 112 valence electrons. The van der Waals surface area contributed by atoms with Crippen LogP contribution in [0.5, 0.6) is 0 Å². The maximum atomic E-state index is 12.9.